The van der Waals surface area contributed by atoms with E-state index in [2.05, 4.69) is 5.32 Å². The Morgan fingerprint density at radius 3 is 2.86 bits per heavy atom. The van der Waals surface area contributed by atoms with Gasteiger partial charge < -0.3 is 5.32 Å². The molecular formula is C10H13FN2O. The van der Waals surface area contributed by atoms with Crippen molar-refractivity contribution in [3.8, 4) is 0 Å². The van der Waals surface area contributed by atoms with Crippen molar-refractivity contribution in [3.05, 3.63) is 30.1 Å². The van der Waals surface area contributed by atoms with Crippen LogP contribution in [0.3, 0.4) is 0 Å². The number of benzene rings is 1. The molecule has 76 valence electrons. The zero-order valence-corrected chi connectivity index (χ0v) is 8.25. The molecule has 0 aliphatic rings. The summed E-state index contributed by atoms with van der Waals surface area (Å²) in [6, 6.07) is 5.67. The fourth-order valence-corrected chi connectivity index (χ4v) is 1.07. The molecule has 0 aliphatic heterocycles. The van der Waals surface area contributed by atoms with Crippen LogP contribution in [0.2, 0.25) is 0 Å². The van der Waals surface area contributed by atoms with Crippen LogP contribution in [0.25, 0.3) is 0 Å². The van der Waals surface area contributed by atoms with Crippen LogP contribution < -0.4 is 10.2 Å². The standard InChI is InChI=1S/C10H13FN2O/c1-3-12-10(14)13(2)9-6-4-5-8(11)7-9/h4-7H,3H2,1-2H3,(H,12,14). The second-order valence-electron chi connectivity index (χ2n) is 2.87. The first-order valence-electron chi connectivity index (χ1n) is 4.42. The lowest BCUT2D eigenvalue weighted by Crippen LogP contribution is -2.37. The molecule has 0 heterocycles. The van der Waals surface area contributed by atoms with Gasteiger partial charge in [0.15, 0.2) is 0 Å². The van der Waals surface area contributed by atoms with Gasteiger partial charge in [-0.1, -0.05) is 6.07 Å². The maximum Gasteiger partial charge on any atom is 0.321 e. The van der Waals surface area contributed by atoms with Gasteiger partial charge in [0.25, 0.3) is 0 Å². The van der Waals surface area contributed by atoms with Gasteiger partial charge in [-0.25, -0.2) is 9.18 Å². The summed E-state index contributed by atoms with van der Waals surface area (Å²) in [5.74, 6) is -0.348. The maximum absolute atomic E-state index is 12.8. The van der Waals surface area contributed by atoms with Gasteiger partial charge in [0.1, 0.15) is 5.82 Å². The first-order valence-corrected chi connectivity index (χ1v) is 4.42. The molecule has 0 fully saturated rings. The van der Waals surface area contributed by atoms with Gasteiger partial charge >= 0.3 is 6.03 Å². The van der Waals surface area contributed by atoms with Crippen molar-refractivity contribution in [2.45, 2.75) is 6.92 Å². The molecule has 0 radical (unpaired) electrons. The number of nitrogens with one attached hydrogen (secondary N) is 1. The second-order valence-corrected chi connectivity index (χ2v) is 2.87. The van der Waals surface area contributed by atoms with E-state index in [9.17, 15) is 9.18 Å². The minimum atomic E-state index is -0.348. The summed E-state index contributed by atoms with van der Waals surface area (Å²) >= 11 is 0. The summed E-state index contributed by atoms with van der Waals surface area (Å²) in [6.45, 7) is 2.38. The molecule has 2 amide bonds. The third-order valence-corrected chi connectivity index (χ3v) is 1.83. The highest BCUT2D eigenvalue weighted by molar-refractivity contribution is 5.91. The number of carbonyl (C=O) groups is 1. The van der Waals surface area contributed by atoms with Gasteiger partial charge in [0, 0.05) is 19.3 Å². The first kappa shape index (κ1) is 10.5. The Bertz CT molecular complexity index is 328. The van der Waals surface area contributed by atoms with E-state index in [1.807, 2.05) is 6.92 Å². The topological polar surface area (TPSA) is 32.3 Å². The molecule has 0 aliphatic carbocycles. The monoisotopic (exact) mass is 196 g/mol. The molecule has 0 aromatic heterocycles. The summed E-state index contributed by atoms with van der Waals surface area (Å²) < 4.78 is 12.8. The molecule has 1 rings (SSSR count). The Morgan fingerprint density at radius 2 is 2.29 bits per heavy atom. The number of hydrogen-bond donors (Lipinski definition) is 1. The van der Waals surface area contributed by atoms with Crippen LogP contribution in [0.5, 0.6) is 0 Å². The highest BCUT2D eigenvalue weighted by Gasteiger charge is 2.09. The summed E-state index contributed by atoms with van der Waals surface area (Å²) in [7, 11) is 1.60. The maximum atomic E-state index is 12.8. The normalized spacial score (nSPS) is 9.64. The van der Waals surface area contributed by atoms with Crippen LogP contribution in [0.4, 0.5) is 14.9 Å². The number of anilines is 1. The lowest BCUT2D eigenvalue weighted by atomic mass is 10.3. The van der Waals surface area contributed by atoms with Crippen LogP contribution in [-0.4, -0.2) is 19.6 Å². The predicted octanol–water partition coefficient (Wildman–Crippen LogP) is 1.99. The molecule has 0 saturated carbocycles. The van der Waals surface area contributed by atoms with Gasteiger partial charge in [0.05, 0.1) is 0 Å². The van der Waals surface area contributed by atoms with Crippen LogP contribution in [0, 0.1) is 5.82 Å². The SMILES string of the molecule is CCNC(=O)N(C)c1cccc(F)c1. The lowest BCUT2D eigenvalue weighted by molar-refractivity contribution is 0.248. The van der Waals surface area contributed by atoms with Crippen LogP contribution in [0.1, 0.15) is 6.92 Å². The number of hydrogen-bond acceptors (Lipinski definition) is 1. The van der Waals surface area contributed by atoms with Crippen molar-refractivity contribution < 1.29 is 9.18 Å². The smallest absolute Gasteiger partial charge is 0.321 e. The minimum Gasteiger partial charge on any atom is -0.338 e. The molecule has 1 N–H and O–H groups in total. The van der Waals surface area contributed by atoms with E-state index in [0.29, 0.717) is 12.2 Å². The average molecular weight is 196 g/mol. The van der Waals surface area contributed by atoms with Crippen molar-refractivity contribution in [2.24, 2.45) is 0 Å². The van der Waals surface area contributed by atoms with Crippen molar-refractivity contribution in [3.63, 3.8) is 0 Å². The Labute approximate surface area is 82.5 Å². The van der Waals surface area contributed by atoms with E-state index in [-0.39, 0.29) is 11.8 Å². The van der Waals surface area contributed by atoms with Gasteiger partial charge in [-0.2, -0.15) is 0 Å². The van der Waals surface area contributed by atoms with Gasteiger partial charge in [0.2, 0.25) is 0 Å². The summed E-state index contributed by atoms with van der Waals surface area (Å²) in [4.78, 5) is 12.7. The van der Waals surface area contributed by atoms with E-state index < -0.39 is 0 Å². The third kappa shape index (κ3) is 2.45. The molecule has 0 unspecified atom stereocenters. The molecule has 0 atom stereocenters. The van der Waals surface area contributed by atoms with Gasteiger partial charge in [-0.05, 0) is 25.1 Å². The molecule has 4 heteroatoms. The molecule has 0 bridgehead atoms. The number of carbonyl (C=O) groups excluding carboxylic acids is 1. The fraction of sp³-hybridized carbons (Fsp3) is 0.300. The van der Waals surface area contributed by atoms with E-state index in [1.54, 1.807) is 19.2 Å². The minimum absolute atomic E-state index is 0.238. The fourth-order valence-electron chi connectivity index (χ4n) is 1.07. The first-order chi connectivity index (χ1) is 6.65. The molecule has 0 saturated heterocycles. The van der Waals surface area contributed by atoms with Crippen LogP contribution in [-0.2, 0) is 0 Å². The number of halogens is 1. The lowest BCUT2D eigenvalue weighted by Gasteiger charge is -2.17. The third-order valence-electron chi connectivity index (χ3n) is 1.83. The summed E-state index contributed by atoms with van der Waals surface area (Å²) in [5.41, 5.74) is 0.538. The average Bonchev–Trinajstić information content (AvgIpc) is 2.17. The van der Waals surface area contributed by atoms with E-state index >= 15 is 0 Å². The van der Waals surface area contributed by atoms with Gasteiger partial charge in [-0.15, -0.1) is 0 Å². The Morgan fingerprint density at radius 1 is 1.57 bits per heavy atom. The second kappa shape index (κ2) is 4.60. The van der Waals surface area contributed by atoms with E-state index in [4.69, 9.17) is 0 Å². The molecule has 0 spiro atoms. The molecule has 14 heavy (non-hydrogen) atoms. The molecule has 1 aromatic carbocycles. The summed E-state index contributed by atoms with van der Waals surface area (Å²) in [5, 5.41) is 2.63. The molecule has 3 nitrogen and oxygen atoms in total. The number of rotatable bonds is 2. The van der Waals surface area contributed by atoms with Crippen LogP contribution >= 0.6 is 0 Å². The molecule has 1 aromatic rings. The Hall–Kier alpha value is -1.58. The zero-order chi connectivity index (χ0) is 10.6. The van der Waals surface area contributed by atoms with Crippen molar-refractivity contribution >= 4 is 11.7 Å². The Balaban J connectivity index is 2.78. The van der Waals surface area contributed by atoms with Crippen molar-refractivity contribution in [1.29, 1.82) is 0 Å². The van der Waals surface area contributed by atoms with E-state index in [1.165, 1.54) is 17.0 Å². The zero-order valence-electron chi connectivity index (χ0n) is 8.25. The number of nitrogens with zero attached hydrogens (tertiary/aromatic N) is 1. The highest BCUT2D eigenvalue weighted by Crippen LogP contribution is 2.13. The number of amides is 2. The quantitative estimate of drug-likeness (QED) is 0.770. The van der Waals surface area contributed by atoms with Gasteiger partial charge in [-0.3, -0.25) is 4.90 Å². The predicted molar refractivity (Wildman–Crippen MR) is 53.9 cm³/mol. The van der Waals surface area contributed by atoms with E-state index in [0.717, 1.165) is 0 Å². The largest absolute Gasteiger partial charge is 0.338 e. The van der Waals surface area contributed by atoms with Crippen molar-refractivity contribution in [1.82, 2.24) is 5.32 Å². The van der Waals surface area contributed by atoms with Crippen LogP contribution in [0.15, 0.2) is 24.3 Å². The molecular weight excluding hydrogens is 183 g/mol. The highest BCUT2D eigenvalue weighted by atomic mass is 19.1. The van der Waals surface area contributed by atoms with Crippen molar-refractivity contribution in [2.75, 3.05) is 18.5 Å². The number of urea groups is 1. The Kier molecular flexibility index (Phi) is 3.45. The summed E-state index contributed by atoms with van der Waals surface area (Å²) in [6.07, 6.45) is 0.